The Bertz CT molecular complexity index is 615. The van der Waals surface area contributed by atoms with Gasteiger partial charge in [0.05, 0.1) is 12.1 Å². The molecule has 0 aliphatic carbocycles. The Kier molecular flexibility index (Phi) is 9.13. The molecule has 0 heterocycles. The number of carbonyl (C=O) groups excluding carboxylic acids is 1. The van der Waals surface area contributed by atoms with Crippen LogP contribution in [0.5, 0.6) is 5.75 Å². The molecule has 1 atom stereocenters. The molecule has 0 aliphatic rings. The van der Waals surface area contributed by atoms with Crippen LogP contribution in [0.25, 0.3) is 0 Å². The van der Waals surface area contributed by atoms with Gasteiger partial charge in [0.1, 0.15) is 11.9 Å². The summed E-state index contributed by atoms with van der Waals surface area (Å²) in [6.07, 6.45) is 1.48. The number of hydrogen-bond acceptors (Lipinski definition) is 3. The molecule has 4 nitrogen and oxygen atoms in total. The molecule has 1 N–H and O–H groups in total. The van der Waals surface area contributed by atoms with Gasteiger partial charge in [0, 0.05) is 30.0 Å². The summed E-state index contributed by atoms with van der Waals surface area (Å²) in [5.74, 6) is 6.71. The normalized spacial score (nSPS) is 12.1. The lowest BCUT2D eigenvalue weighted by atomic mass is 10.1. The van der Waals surface area contributed by atoms with E-state index in [9.17, 15) is 4.79 Å². The molecule has 0 saturated heterocycles. The maximum absolute atomic E-state index is 11.7. The minimum absolute atomic E-state index is 0.0000563. The molecule has 0 saturated carbocycles. The molecule has 1 aromatic carbocycles. The fraction of sp³-hybridized carbons (Fsp3) is 0.526. The van der Waals surface area contributed by atoms with Crippen LogP contribution >= 0.6 is 23.2 Å². The number of hydrogen-bond donors (Lipinski definition) is 1. The summed E-state index contributed by atoms with van der Waals surface area (Å²) in [6.45, 7) is 6.08. The average Bonchev–Trinajstić information content (AvgIpc) is 2.45. The third-order valence-electron chi connectivity index (χ3n) is 3.15. The first kappa shape index (κ1) is 21.6. The van der Waals surface area contributed by atoms with E-state index in [0.717, 1.165) is 6.42 Å². The predicted octanol–water partition coefficient (Wildman–Crippen LogP) is 4.48. The van der Waals surface area contributed by atoms with Crippen molar-refractivity contribution in [2.24, 2.45) is 0 Å². The SMILES string of the molecule is CCCC(=O)NC(C)(C)C#CCC(COC)Oc1cc(Cl)cc(Cl)c1. The molecule has 138 valence electrons. The van der Waals surface area contributed by atoms with Crippen LogP contribution in [0, 0.1) is 11.8 Å². The first-order chi connectivity index (χ1) is 11.8. The number of ether oxygens (including phenoxy) is 2. The Hall–Kier alpha value is -1.41. The summed E-state index contributed by atoms with van der Waals surface area (Å²) in [4.78, 5) is 11.7. The van der Waals surface area contributed by atoms with Crippen LogP contribution < -0.4 is 10.1 Å². The topological polar surface area (TPSA) is 47.6 Å². The molecule has 1 aromatic rings. The average molecular weight is 386 g/mol. The zero-order chi connectivity index (χ0) is 18.9. The number of benzene rings is 1. The highest BCUT2D eigenvalue weighted by Gasteiger charge is 2.17. The van der Waals surface area contributed by atoms with Gasteiger partial charge in [-0.15, -0.1) is 0 Å². The van der Waals surface area contributed by atoms with Gasteiger partial charge in [-0.3, -0.25) is 4.79 Å². The number of methoxy groups -OCH3 is 1. The second-order valence-corrected chi connectivity index (χ2v) is 7.10. The van der Waals surface area contributed by atoms with E-state index in [0.29, 0.717) is 35.2 Å². The molecule has 1 amide bonds. The second-order valence-electron chi connectivity index (χ2n) is 6.23. The largest absolute Gasteiger partial charge is 0.487 e. The minimum atomic E-state index is -0.594. The van der Waals surface area contributed by atoms with Crippen LogP contribution in [0.15, 0.2) is 18.2 Å². The van der Waals surface area contributed by atoms with Gasteiger partial charge in [0.15, 0.2) is 0 Å². The Labute approximate surface area is 160 Å². The lowest BCUT2D eigenvalue weighted by Gasteiger charge is -2.20. The van der Waals surface area contributed by atoms with E-state index in [1.807, 2.05) is 20.8 Å². The molecule has 0 radical (unpaired) electrons. The zero-order valence-electron chi connectivity index (χ0n) is 15.1. The number of nitrogens with one attached hydrogen (secondary N) is 1. The first-order valence-electron chi connectivity index (χ1n) is 8.18. The van der Waals surface area contributed by atoms with E-state index in [-0.39, 0.29) is 12.0 Å². The van der Waals surface area contributed by atoms with Crippen LogP contribution in [0.4, 0.5) is 0 Å². The molecule has 1 rings (SSSR count). The van der Waals surface area contributed by atoms with E-state index in [1.165, 1.54) is 0 Å². The third kappa shape index (κ3) is 9.02. The smallest absolute Gasteiger partial charge is 0.221 e. The second kappa shape index (κ2) is 10.6. The number of rotatable bonds is 8. The van der Waals surface area contributed by atoms with E-state index in [2.05, 4.69) is 17.2 Å². The summed E-state index contributed by atoms with van der Waals surface area (Å²) < 4.78 is 11.1. The van der Waals surface area contributed by atoms with Gasteiger partial charge in [-0.25, -0.2) is 0 Å². The number of amides is 1. The van der Waals surface area contributed by atoms with Crippen molar-refractivity contribution in [1.29, 1.82) is 0 Å². The van der Waals surface area contributed by atoms with Gasteiger partial charge in [0.2, 0.25) is 5.91 Å². The molecular formula is C19H25Cl2NO3. The Balaban J connectivity index is 2.71. The van der Waals surface area contributed by atoms with Crippen molar-refractivity contribution in [3.05, 3.63) is 28.2 Å². The zero-order valence-corrected chi connectivity index (χ0v) is 16.6. The van der Waals surface area contributed by atoms with Gasteiger partial charge < -0.3 is 14.8 Å². The summed E-state index contributed by atoms with van der Waals surface area (Å²) in [5, 5.41) is 3.92. The molecule has 0 bridgehead atoms. The highest BCUT2D eigenvalue weighted by molar-refractivity contribution is 6.34. The molecule has 0 spiro atoms. The van der Waals surface area contributed by atoms with Gasteiger partial charge in [-0.2, -0.15) is 0 Å². The fourth-order valence-electron chi connectivity index (χ4n) is 2.16. The minimum Gasteiger partial charge on any atom is -0.487 e. The Morgan fingerprint density at radius 1 is 1.28 bits per heavy atom. The van der Waals surface area contributed by atoms with E-state index in [1.54, 1.807) is 25.3 Å². The quantitative estimate of drug-likeness (QED) is 0.671. The van der Waals surface area contributed by atoms with Gasteiger partial charge in [0.25, 0.3) is 0 Å². The number of carbonyl (C=O) groups is 1. The van der Waals surface area contributed by atoms with Crippen molar-refractivity contribution in [1.82, 2.24) is 5.32 Å². The molecule has 25 heavy (non-hydrogen) atoms. The maximum Gasteiger partial charge on any atom is 0.221 e. The molecule has 0 aromatic heterocycles. The van der Waals surface area contributed by atoms with E-state index < -0.39 is 5.54 Å². The Morgan fingerprint density at radius 2 is 1.92 bits per heavy atom. The van der Waals surface area contributed by atoms with Gasteiger partial charge >= 0.3 is 0 Å². The first-order valence-corrected chi connectivity index (χ1v) is 8.94. The summed E-state index contributed by atoms with van der Waals surface area (Å²) >= 11 is 12.0. The van der Waals surface area contributed by atoms with Gasteiger partial charge in [-0.1, -0.05) is 42.0 Å². The van der Waals surface area contributed by atoms with Crippen molar-refractivity contribution in [3.8, 4) is 17.6 Å². The fourth-order valence-corrected chi connectivity index (χ4v) is 2.67. The van der Waals surface area contributed by atoms with Crippen LogP contribution in [-0.4, -0.2) is 31.3 Å². The third-order valence-corrected chi connectivity index (χ3v) is 3.59. The van der Waals surface area contributed by atoms with Crippen molar-refractivity contribution in [2.75, 3.05) is 13.7 Å². The molecule has 6 heteroatoms. The standard InChI is InChI=1S/C19H25Cl2NO3/c1-5-7-18(23)22-19(2,3)9-6-8-16(13-24-4)25-17-11-14(20)10-15(21)12-17/h10-12,16H,5,7-8,13H2,1-4H3,(H,22,23). The van der Waals surface area contributed by atoms with Crippen LogP contribution in [0.2, 0.25) is 10.0 Å². The molecule has 1 unspecified atom stereocenters. The van der Waals surface area contributed by atoms with Crippen molar-refractivity contribution in [2.45, 2.75) is 51.7 Å². The summed E-state index contributed by atoms with van der Waals surface area (Å²) in [5.41, 5.74) is -0.594. The maximum atomic E-state index is 11.7. The van der Waals surface area contributed by atoms with Crippen LogP contribution in [-0.2, 0) is 9.53 Å². The predicted molar refractivity (Wildman–Crippen MR) is 102 cm³/mol. The van der Waals surface area contributed by atoms with Crippen molar-refractivity contribution in [3.63, 3.8) is 0 Å². The lowest BCUT2D eigenvalue weighted by Crippen LogP contribution is -2.42. The lowest BCUT2D eigenvalue weighted by molar-refractivity contribution is -0.122. The van der Waals surface area contributed by atoms with Crippen LogP contribution in [0.3, 0.4) is 0 Å². The van der Waals surface area contributed by atoms with Crippen molar-refractivity contribution < 1.29 is 14.3 Å². The highest BCUT2D eigenvalue weighted by atomic mass is 35.5. The van der Waals surface area contributed by atoms with E-state index in [4.69, 9.17) is 32.7 Å². The highest BCUT2D eigenvalue weighted by Crippen LogP contribution is 2.25. The van der Waals surface area contributed by atoms with E-state index >= 15 is 0 Å². The van der Waals surface area contributed by atoms with Gasteiger partial charge in [-0.05, 0) is 38.5 Å². The molecule has 0 fully saturated rings. The molecule has 0 aliphatic heterocycles. The summed E-state index contributed by atoms with van der Waals surface area (Å²) in [7, 11) is 1.60. The Morgan fingerprint density at radius 3 is 2.48 bits per heavy atom. The monoisotopic (exact) mass is 385 g/mol. The molecular weight excluding hydrogens is 361 g/mol. The number of halogens is 2. The summed E-state index contributed by atoms with van der Waals surface area (Å²) in [6, 6.07) is 5.03. The van der Waals surface area contributed by atoms with Crippen molar-refractivity contribution >= 4 is 29.1 Å². The van der Waals surface area contributed by atoms with Crippen LogP contribution in [0.1, 0.15) is 40.0 Å².